The molecule has 3 rings (SSSR count). The van der Waals surface area contributed by atoms with E-state index in [0.717, 1.165) is 16.1 Å². The van der Waals surface area contributed by atoms with Crippen LogP contribution in [0.5, 0.6) is 11.5 Å². The summed E-state index contributed by atoms with van der Waals surface area (Å²) in [7, 11) is -1.02. The first kappa shape index (κ1) is 26.6. The van der Waals surface area contributed by atoms with Crippen molar-refractivity contribution in [3.8, 4) is 11.5 Å². The van der Waals surface area contributed by atoms with Crippen LogP contribution in [0.2, 0.25) is 0 Å². The summed E-state index contributed by atoms with van der Waals surface area (Å²) in [5, 5.41) is 5.51. The lowest BCUT2D eigenvalue weighted by Crippen LogP contribution is -2.38. The maximum absolute atomic E-state index is 12.9. The molecule has 10 heteroatoms. The molecule has 9 nitrogen and oxygen atoms in total. The molecule has 36 heavy (non-hydrogen) atoms. The van der Waals surface area contributed by atoms with Gasteiger partial charge in [-0.05, 0) is 36.2 Å². The molecule has 0 aliphatic carbocycles. The van der Waals surface area contributed by atoms with Crippen molar-refractivity contribution in [2.75, 3.05) is 43.2 Å². The van der Waals surface area contributed by atoms with Gasteiger partial charge in [0.15, 0.2) is 0 Å². The number of hydrogen-bond acceptors (Lipinski definition) is 6. The van der Waals surface area contributed by atoms with Gasteiger partial charge >= 0.3 is 0 Å². The van der Waals surface area contributed by atoms with Crippen molar-refractivity contribution in [3.63, 3.8) is 0 Å². The number of ether oxygens (including phenoxy) is 2. The van der Waals surface area contributed by atoms with Crippen LogP contribution in [-0.4, -0.2) is 53.8 Å². The molecular weight excluding hydrogens is 482 g/mol. The third-order valence-corrected chi connectivity index (χ3v) is 6.46. The van der Waals surface area contributed by atoms with Gasteiger partial charge in [-0.25, -0.2) is 8.42 Å². The third-order valence-electron chi connectivity index (χ3n) is 5.33. The second-order valence-electron chi connectivity index (χ2n) is 7.89. The standard InChI is InChI=1S/C26H29N3O6S/c1-34-20-13-14-24(35-2)23(17-20)29(36(3,32)33)18-25(30)28-22-12-8-7-11-21(22)26(31)27-16-15-19-9-5-4-6-10-19/h4-14,17H,15-16,18H2,1-3H3,(H,27,31)(H,28,30). The number of hydrogen-bond donors (Lipinski definition) is 2. The Labute approximate surface area is 211 Å². The molecule has 0 atom stereocenters. The second-order valence-corrected chi connectivity index (χ2v) is 9.80. The molecule has 3 aromatic carbocycles. The van der Waals surface area contributed by atoms with E-state index in [0.29, 0.717) is 18.7 Å². The molecule has 2 amide bonds. The summed E-state index contributed by atoms with van der Waals surface area (Å²) in [4.78, 5) is 25.7. The van der Waals surface area contributed by atoms with E-state index in [4.69, 9.17) is 9.47 Å². The van der Waals surface area contributed by atoms with Crippen molar-refractivity contribution < 1.29 is 27.5 Å². The molecule has 0 aliphatic heterocycles. The highest BCUT2D eigenvalue weighted by Crippen LogP contribution is 2.33. The van der Waals surface area contributed by atoms with E-state index in [-0.39, 0.29) is 28.6 Å². The zero-order chi connectivity index (χ0) is 26.1. The highest BCUT2D eigenvalue weighted by atomic mass is 32.2. The minimum absolute atomic E-state index is 0.154. The number of sulfonamides is 1. The van der Waals surface area contributed by atoms with E-state index in [1.54, 1.807) is 36.4 Å². The van der Waals surface area contributed by atoms with Gasteiger partial charge in [0, 0.05) is 12.6 Å². The number of anilines is 2. The average Bonchev–Trinajstić information content (AvgIpc) is 2.87. The van der Waals surface area contributed by atoms with E-state index >= 15 is 0 Å². The van der Waals surface area contributed by atoms with Gasteiger partial charge in [-0.15, -0.1) is 0 Å². The van der Waals surface area contributed by atoms with E-state index in [2.05, 4.69) is 10.6 Å². The van der Waals surface area contributed by atoms with Crippen LogP contribution in [0.1, 0.15) is 15.9 Å². The number of amides is 2. The number of rotatable bonds is 11. The molecule has 2 N–H and O–H groups in total. The lowest BCUT2D eigenvalue weighted by atomic mass is 10.1. The van der Waals surface area contributed by atoms with Crippen LogP contribution < -0.4 is 24.4 Å². The van der Waals surface area contributed by atoms with Crippen molar-refractivity contribution in [3.05, 3.63) is 83.9 Å². The zero-order valence-electron chi connectivity index (χ0n) is 20.4. The second kappa shape index (κ2) is 12.1. The zero-order valence-corrected chi connectivity index (χ0v) is 21.2. The molecule has 0 unspecified atom stereocenters. The fourth-order valence-electron chi connectivity index (χ4n) is 3.54. The third kappa shape index (κ3) is 6.98. The number of nitrogens with one attached hydrogen (secondary N) is 2. The van der Waals surface area contributed by atoms with Gasteiger partial charge in [0.25, 0.3) is 5.91 Å². The Morgan fingerprint density at radius 1 is 0.917 bits per heavy atom. The molecule has 0 saturated heterocycles. The van der Waals surface area contributed by atoms with Crippen molar-refractivity contribution >= 4 is 33.2 Å². The number of carbonyl (C=O) groups is 2. The summed E-state index contributed by atoms with van der Waals surface area (Å²) in [5.74, 6) is -0.323. The molecule has 0 fully saturated rings. The SMILES string of the molecule is COc1ccc(OC)c(N(CC(=O)Nc2ccccc2C(=O)NCCc2ccccc2)S(C)(=O)=O)c1. The van der Waals surface area contributed by atoms with Gasteiger partial charge in [0.2, 0.25) is 15.9 Å². The number of para-hydroxylation sites is 1. The summed E-state index contributed by atoms with van der Waals surface area (Å²) in [6.07, 6.45) is 1.65. The first-order valence-corrected chi connectivity index (χ1v) is 13.0. The summed E-state index contributed by atoms with van der Waals surface area (Å²) in [6.45, 7) is -0.116. The van der Waals surface area contributed by atoms with Crippen LogP contribution in [-0.2, 0) is 21.2 Å². The number of methoxy groups -OCH3 is 2. The van der Waals surface area contributed by atoms with Crippen molar-refractivity contribution in [1.29, 1.82) is 0 Å². The van der Waals surface area contributed by atoms with E-state index < -0.39 is 22.5 Å². The van der Waals surface area contributed by atoms with Gasteiger partial charge in [0.05, 0.1) is 37.4 Å². The lowest BCUT2D eigenvalue weighted by molar-refractivity contribution is -0.114. The van der Waals surface area contributed by atoms with Gasteiger partial charge in [-0.1, -0.05) is 42.5 Å². The van der Waals surface area contributed by atoms with E-state index in [9.17, 15) is 18.0 Å². The normalized spacial score (nSPS) is 10.9. The van der Waals surface area contributed by atoms with Gasteiger partial charge in [-0.2, -0.15) is 0 Å². The van der Waals surface area contributed by atoms with Gasteiger partial charge < -0.3 is 20.1 Å². The van der Waals surface area contributed by atoms with Crippen LogP contribution in [0.15, 0.2) is 72.8 Å². The van der Waals surface area contributed by atoms with Crippen molar-refractivity contribution in [2.24, 2.45) is 0 Å². The smallest absolute Gasteiger partial charge is 0.253 e. The first-order valence-electron chi connectivity index (χ1n) is 11.1. The average molecular weight is 512 g/mol. The summed E-state index contributed by atoms with van der Waals surface area (Å²) < 4.78 is 36.6. The van der Waals surface area contributed by atoms with Crippen molar-refractivity contribution in [1.82, 2.24) is 5.32 Å². The summed E-state index contributed by atoms with van der Waals surface area (Å²) in [6, 6.07) is 20.9. The van der Waals surface area contributed by atoms with Gasteiger partial charge in [0.1, 0.15) is 18.0 Å². The first-order chi connectivity index (χ1) is 17.2. The van der Waals surface area contributed by atoms with Crippen molar-refractivity contribution in [2.45, 2.75) is 6.42 Å². The fraction of sp³-hybridized carbons (Fsp3) is 0.231. The van der Waals surface area contributed by atoms with Gasteiger partial charge in [-0.3, -0.25) is 13.9 Å². The number of nitrogens with zero attached hydrogens (tertiary/aromatic N) is 1. The minimum Gasteiger partial charge on any atom is -0.497 e. The predicted octanol–water partition coefficient (Wildman–Crippen LogP) is 3.08. The largest absolute Gasteiger partial charge is 0.497 e. The molecule has 190 valence electrons. The molecule has 0 aliphatic rings. The predicted molar refractivity (Wildman–Crippen MR) is 139 cm³/mol. The molecule has 0 bridgehead atoms. The number of carbonyl (C=O) groups excluding carboxylic acids is 2. The van der Waals surface area contributed by atoms with Crippen LogP contribution in [0.25, 0.3) is 0 Å². The maximum atomic E-state index is 12.9. The minimum atomic E-state index is -3.87. The van der Waals surface area contributed by atoms with Crippen LogP contribution >= 0.6 is 0 Å². The quantitative estimate of drug-likeness (QED) is 0.409. The Morgan fingerprint density at radius 3 is 2.28 bits per heavy atom. The van der Waals surface area contributed by atoms with Crippen LogP contribution in [0, 0.1) is 0 Å². The monoisotopic (exact) mass is 511 g/mol. The Morgan fingerprint density at radius 2 is 1.61 bits per heavy atom. The molecule has 0 radical (unpaired) electrons. The fourth-order valence-corrected chi connectivity index (χ4v) is 4.40. The van der Waals surface area contributed by atoms with Crippen LogP contribution in [0.3, 0.4) is 0 Å². The molecule has 0 heterocycles. The Hall–Kier alpha value is -4.05. The number of benzene rings is 3. The lowest BCUT2D eigenvalue weighted by Gasteiger charge is -2.24. The Kier molecular flexibility index (Phi) is 8.91. The van der Waals surface area contributed by atoms with E-state index in [1.807, 2.05) is 30.3 Å². The molecule has 0 saturated carbocycles. The summed E-state index contributed by atoms with van der Waals surface area (Å²) in [5.41, 5.74) is 1.78. The topological polar surface area (TPSA) is 114 Å². The highest BCUT2D eigenvalue weighted by Gasteiger charge is 2.25. The highest BCUT2D eigenvalue weighted by molar-refractivity contribution is 7.92. The Bertz CT molecular complexity index is 1310. The molecule has 3 aromatic rings. The summed E-state index contributed by atoms with van der Waals surface area (Å²) >= 11 is 0. The van der Waals surface area contributed by atoms with E-state index in [1.165, 1.54) is 20.3 Å². The Balaban J connectivity index is 1.75. The molecule has 0 spiro atoms. The van der Waals surface area contributed by atoms with Crippen LogP contribution in [0.4, 0.5) is 11.4 Å². The molecule has 0 aromatic heterocycles. The maximum Gasteiger partial charge on any atom is 0.253 e. The molecular formula is C26H29N3O6S.